The fourth-order valence-corrected chi connectivity index (χ4v) is 5.93. The monoisotopic (exact) mass is 574 g/mol. The van der Waals surface area contributed by atoms with Gasteiger partial charge >= 0.3 is 11.9 Å². The van der Waals surface area contributed by atoms with Gasteiger partial charge < -0.3 is 13.9 Å². The molecule has 204 valence electrons. The summed E-state index contributed by atoms with van der Waals surface area (Å²) in [6.45, 7) is 3.72. The highest BCUT2D eigenvalue weighted by atomic mass is 32.2. The maximum atomic E-state index is 13.8. The quantitative estimate of drug-likeness (QED) is 0.236. The van der Waals surface area contributed by atoms with Gasteiger partial charge in [-0.3, -0.25) is 9.36 Å². The first-order chi connectivity index (χ1) is 19.3. The van der Waals surface area contributed by atoms with Crippen molar-refractivity contribution in [2.45, 2.75) is 24.8 Å². The molecule has 2 aromatic carbocycles. The van der Waals surface area contributed by atoms with E-state index in [1.165, 1.54) is 18.4 Å². The molecule has 0 spiro atoms. The summed E-state index contributed by atoms with van der Waals surface area (Å²) in [4.78, 5) is 44.7. The third kappa shape index (κ3) is 5.20. The Morgan fingerprint density at radius 2 is 1.80 bits per heavy atom. The van der Waals surface area contributed by atoms with E-state index < -0.39 is 18.0 Å². The molecule has 0 radical (unpaired) electrons. The van der Waals surface area contributed by atoms with Gasteiger partial charge in [0.1, 0.15) is 11.5 Å². The van der Waals surface area contributed by atoms with E-state index in [-0.39, 0.29) is 12.2 Å². The SMILES string of the molecule is CCOC(=O)C1=C(C)N=c2s/c(=C\c3ccc(-c4ccc(C(=O)OC)cc4)o3)c(=O)n2[C@@H]1c1ccc(SC)cc1. The molecule has 0 bridgehead atoms. The molecule has 0 aliphatic carbocycles. The number of ether oxygens (including phenoxy) is 2. The molecule has 0 unspecified atom stereocenters. The summed E-state index contributed by atoms with van der Waals surface area (Å²) in [6.07, 6.45) is 3.66. The Morgan fingerprint density at radius 1 is 1.07 bits per heavy atom. The molecule has 2 aromatic heterocycles. The molecular weight excluding hydrogens is 548 g/mol. The third-order valence-electron chi connectivity index (χ3n) is 6.44. The molecule has 3 heterocycles. The van der Waals surface area contributed by atoms with Crippen LogP contribution in [0.4, 0.5) is 0 Å². The molecule has 0 fully saturated rings. The molecule has 8 nitrogen and oxygen atoms in total. The average Bonchev–Trinajstić information content (AvgIpc) is 3.56. The Kier molecular flexibility index (Phi) is 7.90. The van der Waals surface area contributed by atoms with Gasteiger partial charge in [-0.25, -0.2) is 14.6 Å². The van der Waals surface area contributed by atoms with Crippen LogP contribution in [-0.4, -0.2) is 36.5 Å². The number of rotatable bonds is 7. The van der Waals surface area contributed by atoms with Gasteiger partial charge in [-0.15, -0.1) is 11.8 Å². The number of methoxy groups -OCH3 is 1. The lowest BCUT2D eigenvalue weighted by atomic mass is 9.96. The maximum absolute atomic E-state index is 13.8. The van der Waals surface area contributed by atoms with E-state index in [1.54, 1.807) is 72.7 Å². The summed E-state index contributed by atoms with van der Waals surface area (Å²) in [6, 6.07) is 17.6. The second-order valence-electron chi connectivity index (χ2n) is 8.85. The molecule has 0 saturated heterocycles. The lowest BCUT2D eigenvalue weighted by Gasteiger charge is -2.24. The number of aromatic nitrogens is 1. The van der Waals surface area contributed by atoms with Gasteiger partial charge in [0, 0.05) is 16.5 Å². The maximum Gasteiger partial charge on any atom is 0.338 e. The van der Waals surface area contributed by atoms with Gasteiger partial charge in [0.2, 0.25) is 0 Å². The summed E-state index contributed by atoms with van der Waals surface area (Å²) in [5.41, 5.74) is 2.58. The highest BCUT2D eigenvalue weighted by Crippen LogP contribution is 2.32. The smallest absolute Gasteiger partial charge is 0.338 e. The van der Waals surface area contributed by atoms with Crippen LogP contribution in [0.1, 0.15) is 41.6 Å². The number of thioether (sulfide) groups is 1. The van der Waals surface area contributed by atoms with Gasteiger partial charge in [-0.05, 0) is 62.1 Å². The number of benzene rings is 2. The number of fused-ring (bicyclic) bond motifs is 1. The second kappa shape index (κ2) is 11.5. The molecular formula is C30H26N2O6S2. The van der Waals surface area contributed by atoms with Crippen LogP contribution in [0.5, 0.6) is 0 Å². The van der Waals surface area contributed by atoms with Crippen molar-refractivity contribution in [2.24, 2.45) is 4.99 Å². The average molecular weight is 575 g/mol. The molecule has 0 N–H and O–H groups in total. The van der Waals surface area contributed by atoms with Crippen molar-refractivity contribution in [2.75, 3.05) is 20.0 Å². The molecule has 1 aliphatic rings. The van der Waals surface area contributed by atoms with E-state index in [1.807, 2.05) is 30.5 Å². The van der Waals surface area contributed by atoms with Crippen molar-refractivity contribution >= 4 is 41.1 Å². The number of carbonyl (C=O) groups is 2. The van der Waals surface area contributed by atoms with Gasteiger partial charge in [0.05, 0.1) is 41.1 Å². The van der Waals surface area contributed by atoms with Crippen molar-refractivity contribution in [3.63, 3.8) is 0 Å². The topological polar surface area (TPSA) is 100 Å². The Balaban J connectivity index is 1.57. The predicted octanol–water partition coefficient (Wildman–Crippen LogP) is 4.57. The van der Waals surface area contributed by atoms with E-state index in [0.29, 0.717) is 37.7 Å². The zero-order valence-corrected chi connectivity index (χ0v) is 23.9. The van der Waals surface area contributed by atoms with E-state index in [0.717, 1.165) is 16.0 Å². The Labute approximate surface area is 238 Å². The number of esters is 2. The number of furan rings is 1. The summed E-state index contributed by atoms with van der Waals surface area (Å²) in [5, 5.41) is 0. The molecule has 10 heteroatoms. The highest BCUT2D eigenvalue weighted by Gasteiger charge is 2.33. The highest BCUT2D eigenvalue weighted by molar-refractivity contribution is 7.98. The van der Waals surface area contributed by atoms with Crippen molar-refractivity contribution in [1.82, 2.24) is 4.57 Å². The standard InChI is InChI=1S/C30H26N2O6S2/c1-5-37-29(35)25-17(2)31-30-32(26(25)19-10-13-22(39-4)14-11-19)27(33)24(40-30)16-21-12-15-23(38-21)18-6-8-20(9-7-18)28(34)36-3/h6-16,26H,5H2,1-4H3/b24-16-/t26-/m1/s1. The fourth-order valence-electron chi connectivity index (χ4n) is 4.50. The first kappa shape index (κ1) is 27.4. The number of thiazole rings is 1. The van der Waals surface area contributed by atoms with Gasteiger partial charge in [-0.2, -0.15) is 0 Å². The lowest BCUT2D eigenvalue weighted by Crippen LogP contribution is -2.39. The van der Waals surface area contributed by atoms with Gasteiger partial charge in [-0.1, -0.05) is 35.6 Å². The summed E-state index contributed by atoms with van der Waals surface area (Å²) in [7, 11) is 1.33. The minimum atomic E-state index is -0.672. The van der Waals surface area contributed by atoms with Crippen LogP contribution >= 0.6 is 23.1 Å². The van der Waals surface area contributed by atoms with Crippen LogP contribution in [0.2, 0.25) is 0 Å². The number of hydrogen-bond donors (Lipinski definition) is 0. The molecule has 0 saturated carbocycles. The normalized spacial score (nSPS) is 15.0. The minimum absolute atomic E-state index is 0.213. The Morgan fingerprint density at radius 3 is 2.45 bits per heavy atom. The van der Waals surface area contributed by atoms with Crippen LogP contribution < -0.4 is 14.9 Å². The number of carbonyl (C=O) groups excluding carboxylic acids is 2. The van der Waals surface area contributed by atoms with Crippen LogP contribution in [0.15, 0.2) is 91.0 Å². The van der Waals surface area contributed by atoms with E-state index >= 15 is 0 Å². The van der Waals surface area contributed by atoms with Crippen molar-refractivity contribution in [3.05, 3.63) is 109 Å². The summed E-state index contributed by atoms with van der Waals surface area (Å²) >= 11 is 2.85. The van der Waals surface area contributed by atoms with Crippen LogP contribution in [0, 0.1) is 0 Å². The molecule has 1 aliphatic heterocycles. The van der Waals surface area contributed by atoms with Crippen molar-refractivity contribution in [1.29, 1.82) is 0 Å². The van der Waals surface area contributed by atoms with Gasteiger partial charge in [0.25, 0.3) is 5.56 Å². The van der Waals surface area contributed by atoms with E-state index in [4.69, 9.17) is 13.9 Å². The first-order valence-corrected chi connectivity index (χ1v) is 14.5. The Bertz CT molecular complexity index is 1790. The second-order valence-corrected chi connectivity index (χ2v) is 10.7. The third-order valence-corrected chi connectivity index (χ3v) is 8.17. The van der Waals surface area contributed by atoms with Crippen molar-refractivity contribution < 1.29 is 23.5 Å². The molecule has 5 rings (SSSR count). The van der Waals surface area contributed by atoms with Gasteiger partial charge in [0.15, 0.2) is 4.80 Å². The first-order valence-electron chi connectivity index (χ1n) is 12.5. The molecule has 1 atom stereocenters. The van der Waals surface area contributed by atoms with Crippen LogP contribution in [0.25, 0.3) is 17.4 Å². The zero-order valence-electron chi connectivity index (χ0n) is 22.3. The minimum Gasteiger partial charge on any atom is -0.465 e. The molecule has 0 amide bonds. The van der Waals surface area contributed by atoms with Crippen molar-refractivity contribution in [3.8, 4) is 11.3 Å². The van der Waals surface area contributed by atoms with E-state index in [2.05, 4.69) is 4.99 Å². The fraction of sp³-hybridized carbons (Fsp3) is 0.200. The van der Waals surface area contributed by atoms with E-state index in [9.17, 15) is 14.4 Å². The van der Waals surface area contributed by atoms with Crippen LogP contribution in [0.3, 0.4) is 0 Å². The number of allylic oxidation sites excluding steroid dienone is 1. The number of nitrogens with zero attached hydrogens (tertiary/aromatic N) is 2. The molecule has 4 aromatic rings. The number of hydrogen-bond acceptors (Lipinski definition) is 9. The largest absolute Gasteiger partial charge is 0.465 e. The zero-order chi connectivity index (χ0) is 28.4. The summed E-state index contributed by atoms with van der Waals surface area (Å²) in [5.74, 6) is 0.162. The predicted molar refractivity (Wildman–Crippen MR) is 154 cm³/mol. The lowest BCUT2D eigenvalue weighted by molar-refractivity contribution is -0.139. The molecule has 40 heavy (non-hydrogen) atoms. The Hall–Kier alpha value is -4.15. The summed E-state index contributed by atoms with van der Waals surface area (Å²) < 4.78 is 18.1. The van der Waals surface area contributed by atoms with Crippen LogP contribution in [-0.2, 0) is 14.3 Å².